The SMILES string of the molecule is Cc1c(C(N)=O)cc(-c2ccccc2)n1Cc1cccc(C(F)(F)F)c1. The van der Waals surface area contributed by atoms with Crippen molar-refractivity contribution >= 4 is 5.91 Å². The molecule has 0 aliphatic rings. The molecule has 2 N–H and O–H groups in total. The lowest BCUT2D eigenvalue weighted by Crippen LogP contribution is -2.13. The maximum Gasteiger partial charge on any atom is 0.416 e. The number of amides is 1. The van der Waals surface area contributed by atoms with Gasteiger partial charge in [0.05, 0.1) is 11.1 Å². The van der Waals surface area contributed by atoms with E-state index < -0.39 is 17.6 Å². The molecule has 6 heteroatoms. The maximum atomic E-state index is 13.0. The molecule has 0 atom stereocenters. The number of aromatic nitrogens is 1. The fourth-order valence-corrected chi connectivity index (χ4v) is 2.98. The molecule has 1 amide bonds. The van der Waals surface area contributed by atoms with E-state index in [1.165, 1.54) is 6.07 Å². The molecule has 2 aromatic carbocycles. The summed E-state index contributed by atoms with van der Waals surface area (Å²) in [5, 5.41) is 0. The van der Waals surface area contributed by atoms with E-state index in [-0.39, 0.29) is 6.54 Å². The summed E-state index contributed by atoms with van der Waals surface area (Å²) >= 11 is 0. The molecule has 3 nitrogen and oxygen atoms in total. The van der Waals surface area contributed by atoms with Crippen LogP contribution in [0.15, 0.2) is 60.7 Å². The summed E-state index contributed by atoms with van der Waals surface area (Å²) in [5.74, 6) is -0.567. The van der Waals surface area contributed by atoms with Crippen LogP contribution in [0.2, 0.25) is 0 Å². The number of alkyl halides is 3. The third kappa shape index (κ3) is 3.49. The van der Waals surface area contributed by atoms with Crippen molar-refractivity contribution in [1.29, 1.82) is 0 Å². The first-order valence-corrected chi connectivity index (χ1v) is 7.99. The topological polar surface area (TPSA) is 48.0 Å². The first-order chi connectivity index (χ1) is 12.3. The number of halogens is 3. The minimum absolute atomic E-state index is 0.202. The van der Waals surface area contributed by atoms with Gasteiger partial charge >= 0.3 is 6.18 Å². The number of carbonyl (C=O) groups is 1. The molecule has 0 fully saturated rings. The molecule has 0 aliphatic heterocycles. The largest absolute Gasteiger partial charge is 0.416 e. The fourth-order valence-electron chi connectivity index (χ4n) is 2.98. The van der Waals surface area contributed by atoms with E-state index in [4.69, 9.17) is 5.73 Å². The molecular weight excluding hydrogens is 341 g/mol. The Labute approximate surface area is 148 Å². The van der Waals surface area contributed by atoms with Crippen LogP contribution in [0.1, 0.15) is 27.2 Å². The van der Waals surface area contributed by atoms with Crippen LogP contribution >= 0.6 is 0 Å². The third-order valence-electron chi connectivity index (χ3n) is 4.30. The molecule has 26 heavy (non-hydrogen) atoms. The number of hydrogen-bond donors (Lipinski definition) is 1. The fraction of sp³-hybridized carbons (Fsp3) is 0.150. The van der Waals surface area contributed by atoms with Crippen molar-refractivity contribution in [1.82, 2.24) is 4.57 Å². The van der Waals surface area contributed by atoms with Crippen LogP contribution in [0, 0.1) is 6.92 Å². The lowest BCUT2D eigenvalue weighted by molar-refractivity contribution is -0.137. The number of benzene rings is 2. The van der Waals surface area contributed by atoms with Crippen LogP contribution in [-0.4, -0.2) is 10.5 Å². The lowest BCUT2D eigenvalue weighted by atomic mass is 10.1. The Morgan fingerprint density at radius 3 is 2.35 bits per heavy atom. The summed E-state index contributed by atoms with van der Waals surface area (Å²) in [6.07, 6.45) is -4.40. The minimum Gasteiger partial charge on any atom is -0.366 e. The van der Waals surface area contributed by atoms with E-state index >= 15 is 0 Å². The Morgan fingerprint density at radius 2 is 1.73 bits per heavy atom. The van der Waals surface area contributed by atoms with Gasteiger partial charge in [-0.3, -0.25) is 4.79 Å². The van der Waals surface area contributed by atoms with Gasteiger partial charge in [0.1, 0.15) is 0 Å². The van der Waals surface area contributed by atoms with Crippen LogP contribution in [0.5, 0.6) is 0 Å². The molecule has 0 saturated heterocycles. The number of primary amides is 1. The van der Waals surface area contributed by atoms with Crippen molar-refractivity contribution in [2.24, 2.45) is 5.73 Å². The summed E-state index contributed by atoms with van der Waals surface area (Å²) < 4.78 is 40.7. The Bertz CT molecular complexity index is 943. The molecule has 0 bridgehead atoms. The highest BCUT2D eigenvalue weighted by molar-refractivity contribution is 5.95. The van der Waals surface area contributed by atoms with E-state index in [1.54, 1.807) is 19.1 Å². The quantitative estimate of drug-likeness (QED) is 0.726. The van der Waals surface area contributed by atoms with Gasteiger partial charge < -0.3 is 10.3 Å². The Balaban J connectivity index is 2.09. The molecule has 0 aliphatic carbocycles. The molecule has 0 spiro atoms. The molecule has 0 radical (unpaired) electrons. The number of nitrogens with zero attached hydrogens (tertiary/aromatic N) is 1. The lowest BCUT2D eigenvalue weighted by Gasteiger charge is -2.14. The van der Waals surface area contributed by atoms with Crippen molar-refractivity contribution < 1.29 is 18.0 Å². The van der Waals surface area contributed by atoms with E-state index in [0.29, 0.717) is 16.8 Å². The van der Waals surface area contributed by atoms with Gasteiger partial charge in [0.15, 0.2) is 0 Å². The van der Waals surface area contributed by atoms with Crippen LogP contribution in [0.25, 0.3) is 11.3 Å². The highest BCUT2D eigenvalue weighted by Gasteiger charge is 2.30. The highest BCUT2D eigenvalue weighted by Crippen LogP contribution is 2.31. The predicted octanol–water partition coefficient (Wildman–Crippen LogP) is 4.63. The predicted molar refractivity (Wildman–Crippen MR) is 93.7 cm³/mol. The molecule has 1 aromatic heterocycles. The number of hydrogen-bond acceptors (Lipinski definition) is 1. The highest BCUT2D eigenvalue weighted by atomic mass is 19.4. The molecule has 0 unspecified atom stereocenters. The summed E-state index contributed by atoms with van der Waals surface area (Å²) in [7, 11) is 0. The second-order valence-corrected chi connectivity index (χ2v) is 6.04. The number of rotatable bonds is 4. The summed E-state index contributed by atoms with van der Waals surface area (Å²) in [6, 6.07) is 16.2. The average Bonchev–Trinajstić information content (AvgIpc) is 2.92. The molecule has 134 valence electrons. The van der Waals surface area contributed by atoms with Gasteiger partial charge in [0.2, 0.25) is 0 Å². The van der Waals surface area contributed by atoms with Gasteiger partial charge in [-0.05, 0) is 36.2 Å². The van der Waals surface area contributed by atoms with Crippen molar-refractivity contribution in [3.63, 3.8) is 0 Å². The van der Waals surface area contributed by atoms with E-state index in [2.05, 4.69) is 0 Å². The van der Waals surface area contributed by atoms with E-state index in [9.17, 15) is 18.0 Å². The number of carbonyl (C=O) groups excluding carboxylic acids is 1. The minimum atomic E-state index is -4.40. The molecular formula is C20H17F3N2O. The third-order valence-corrected chi connectivity index (χ3v) is 4.30. The first-order valence-electron chi connectivity index (χ1n) is 7.99. The van der Waals surface area contributed by atoms with Gasteiger partial charge in [-0.15, -0.1) is 0 Å². The zero-order valence-electron chi connectivity index (χ0n) is 14.0. The van der Waals surface area contributed by atoms with E-state index in [1.807, 2.05) is 34.9 Å². The molecule has 1 heterocycles. The van der Waals surface area contributed by atoms with Crippen LogP contribution < -0.4 is 5.73 Å². The summed E-state index contributed by atoms with van der Waals surface area (Å²) in [6.45, 7) is 1.94. The van der Waals surface area contributed by atoms with Crippen LogP contribution in [0.3, 0.4) is 0 Å². The Hall–Kier alpha value is -3.02. The van der Waals surface area contributed by atoms with Gasteiger partial charge in [-0.25, -0.2) is 0 Å². The van der Waals surface area contributed by atoms with Crippen molar-refractivity contribution in [3.8, 4) is 11.3 Å². The average molecular weight is 358 g/mol. The van der Waals surface area contributed by atoms with Crippen molar-refractivity contribution in [2.45, 2.75) is 19.6 Å². The van der Waals surface area contributed by atoms with Crippen LogP contribution in [-0.2, 0) is 12.7 Å². The van der Waals surface area contributed by atoms with Crippen molar-refractivity contribution in [2.75, 3.05) is 0 Å². The smallest absolute Gasteiger partial charge is 0.366 e. The zero-order valence-corrected chi connectivity index (χ0v) is 14.0. The van der Waals surface area contributed by atoms with Gasteiger partial charge in [0.25, 0.3) is 5.91 Å². The van der Waals surface area contributed by atoms with Crippen LogP contribution in [0.4, 0.5) is 13.2 Å². The zero-order chi connectivity index (χ0) is 18.9. The molecule has 0 saturated carbocycles. The maximum absolute atomic E-state index is 13.0. The van der Waals surface area contributed by atoms with Crippen molar-refractivity contribution in [3.05, 3.63) is 83.0 Å². The summed E-state index contributed by atoms with van der Waals surface area (Å²) in [5.41, 5.74) is 7.81. The van der Waals surface area contributed by atoms with Gasteiger partial charge in [-0.1, -0.05) is 42.5 Å². The van der Waals surface area contributed by atoms with E-state index in [0.717, 1.165) is 23.4 Å². The molecule has 3 aromatic rings. The standard InChI is InChI=1S/C20H17F3N2O/c1-13-17(19(24)26)11-18(15-7-3-2-4-8-15)25(13)12-14-6-5-9-16(10-14)20(21,22)23/h2-11H,12H2,1H3,(H2,24,26). The van der Waals surface area contributed by atoms with Gasteiger partial charge in [-0.2, -0.15) is 13.2 Å². The summed E-state index contributed by atoms with van der Waals surface area (Å²) in [4.78, 5) is 11.7. The Morgan fingerprint density at radius 1 is 1.04 bits per heavy atom. The first kappa shape index (κ1) is 17.8. The second kappa shape index (κ2) is 6.71. The number of nitrogens with two attached hydrogens (primary N) is 1. The monoisotopic (exact) mass is 358 g/mol. The van der Waals surface area contributed by atoms with Gasteiger partial charge in [0, 0.05) is 17.9 Å². The second-order valence-electron chi connectivity index (χ2n) is 6.04. The Kier molecular flexibility index (Phi) is 4.59. The molecule has 3 rings (SSSR count). The normalized spacial score (nSPS) is 11.5.